The molecule has 0 radical (unpaired) electrons. The maximum absolute atomic E-state index is 14.2. The Morgan fingerprint density at radius 2 is 2.13 bits per heavy atom. The van der Waals surface area contributed by atoms with Crippen LogP contribution in [0.4, 0.5) is 4.39 Å². The third kappa shape index (κ3) is 4.01. The lowest BCUT2D eigenvalue weighted by Crippen LogP contribution is -2.25. The summed E-state index contributed by atoms with van der Waals surface area (Å²) in [6, 6.07) is 7.88. The lowest BCUT2D eigenvalue weighted by molar-refractivity contribution is 0.112. The minimum Gasteiger partial charge on any atom is -0.388 e. The Balaban J connectivity index is 1.70. The van der Waals surface area contributed by atoms with Gasteiger partial charge in [0.05, 0.1) is 21.8 Å². The molecule has 1 heterocycles. The van der Waals surface area contributed by atoms with Crippen molar-refractivity contribution in [1.29, 1.82) is 10.7 Å². The summed E-state index contributed by atoms with van der Waals surface area (Å²) in [5, 5.41) is 30.1. The van der Waals surface area contributed by atoms with Crippen molar-refractivity contribution in [3.8, 4) is 17.2 Å². The third-order valence-corrected chi connectivity index (χ3v) is 6.21. The highest BCUT2D eigenvalue weighted by molar-refractivity contribution is 7.15. The molecule has 0 amide bonds. The Morgan fingerprint density at radius 3 is 2.80 bits per heavy atom. The van der Waals surface area contributed by atoms with Crippen LogP contribution in [0.25, 0.3) is 16.7 Å². The van der Waals surface area contributed by atoms with Crippen LogP contribution in [0.1, 0.15) is 33.0 Å². The summed E-state index contributed by atoms with van der Waals surface area (Å²) in [5.74, 6) is -0.613. The lowest BCUT2D eigenvalue weighted by Gasteiger charge is -2.13. The molecule has 2 aromatic rings. The van der Waals surface area contributed by atoms with E-state index in [9.17, 15) is 14.3 Å². The number of nitrogens with zero attached hydrogens (tertiary/aromatic N) is 1. The quantitative estimate of drug-likeness (QED) is 0.611. The van der Waals surface area contributed by atoms with Crippen molar-refractivity contribution in [1.82, 2.24) is 5.32 Å². The fourth-order valence-electron chi connectivity index (χ4n) is 3.17. The average Bonchev–Trinajstić information content (AvgIpc) is 3.31. The van der Waals surface area contributed by atoms with Crippen LogP contribution in [-0.4, -0.2) is 29.3 Å². The van der Waals surface area contributed by atoms with E-state index in [2.05, 4.69) is 5.32 Å². The van der Waals surface area contributed by atoms with E-state index >= 15 is 0 Å². The van der Waals surface area contributed by atoms with Crippen LogP contribution >= 0.6 is 11.3 Å². The molecule has 5 nitrogen and oxygen atoms in total. The second-order valence-electron chi connectivity index (χ2n) is 7.37. The van der Waals surface area contributed by atoms with Gasteiger partial charge < -0.3 is 15.8 Å². The van der Waals surface area contributed by atoms with Gasteiger partial charge in [-0.15, -0.1) is 11.3 Å². The Labute approximate surface area is 177 Å². The maximum atomic E-state index is 14.2. The molecule has 3 N–H and O–H groups in total. The van der Waals surface area contributed by atoms with Gasteiger partial charge in [0.1, 0.15) is 11.9 Å². The number of aldehydes is 1. The first-order valence-electron chi connectivity index (χ1n) is 9.36. The third-order valence-electron chi connectivity index (χ3n) is 5.10. The SMILES string of the molecule is N#Cc1ccc(-c2cc(C=O)sc2C2=C/C(=C/NCC3(O)CC3)C(=N)C=C2)cc1F. The van der Waals surface area contributed by atoms with Crippen LogP contribution in [0.5, 0.6) is 0 Å². The van der Waals surface area contributed by atoms with Crippen LogP contribution in [0.15, 0.2) is 54.3 Å². The molecule has 2 aliphatic rings. The minimum atomic E-state index is -0.643. The van der Waals surface area contributed by atoms with Gasteiger partial charge in [-0.1, -0.05) is 12.1 Å². The molecule has 1 aromatic heterocycles. The van der Waals surface area contributed by atoms with E-state index in [-0.39, 0.29) is 5.56 Å². The maximum Gasteiger partial charge on any atom is 0.160 e. The van der Waals surface area contributed by atoms with Crippen LogP contribution in [0.3, 0.4) is 0 Å². The summed E-state index contributed by atoms with van der Waals surface area (Å²) >= 11 is 1.28. The molecule has 0 unspecified atom stereocenters. The predicted molar refractivity (Wildman–Crippen MR) is 115 cm³/mol. The number of hydrogen-bond donors (Lipinski definition) is 3. The van der Waals surface area contributed by atoms with Crippen molar-refractivity contribution in [2.75, 3.05) is 6.54 Å². The van der Waals surface area contributed by atoms with Gasteiger partial charge in [-0.25, -0.2) is 4.39 Å². The zero-order chi connectivity index (χ0) is 21.3. The Morgan fingerprint density at radius 1 is 1.33 bits per heavy atom. The first-order chi connectivity index (χ1) is 14.4. The van der Waals surface area contributed by atoms with Gasteiger partial charge in [-0.2, -0.15) is 5.26 Å². The van der Waals surface area contributed by atoms with E-state index in [0.717, 1.165) is 29.6 Å². The van der Waals surface area contributed by atoms with E-state index in [0.29, 0.717) is 33.8 Å². The highest BCUT2D eigenvalue weighted by atomic mass is 32.1. The number of allylic oxidation sites excluding steroid dienone is 5. The summed E-state index contributed by atoms with van der Waals surface area (Å²) in [4.78, 5) is 12.7. The number of thiophene rings is 1. The van der Waals surface area contributed by atoms with Gasteiger partial charge in [0, 0.05) is 28.8 Å². The molecular formula is C23H18FN3O2S. The number of carbonyl (C=O) groups excluding carboxylic acids is 1. The monoisotopic (exact) mass is 419 g/mol. The van der Waals surface area contributed by atoms with E-state index in [1.54, 1.807) is 36.6 Å². The number of nitriles is 1. The molecule has 0 spiro atoms. The molecule has 4 rings (SSSR count). The van der Waals surface area contributed by atoms with Crippen LogP contribution in [0, 0.1) is 22.6 Å². The molecule has 0 saturated heterocycles. The Hall–Kier alpha value is -3.34. The van der Waals surface area contributed by atoms with Gasteiger partial charge in [-0.05, 0) is 54.3 Å². The van der Waals surface area contributed by atoms with E-state index in [4.69, 9.17) is 10.7 Å². The van der Waals surface area contributed by atoms with Crippen molar-refractivity contribution in [2.24, 2.45) is 0 Å². The van der Waals surface area contributed by atoms with Crippen LogP contribution in [-0.2, 0) is 0 Å². The van der Waals surface area contributed by atoms with Crippen molar-refractivity contribution in [2.45, 2.75) is 18.4 Å². The summed E-state index contributed by atoms with van der Waals surface area (Å²) in [7, 11) is 0. The highest BCUT2D eigenvalue weighted by Crippen LogP contribution is 2.39. The smallest absolute Gasteiger partial charge is 0.160 e. The molecule has 1 aromatic carbocycles. The Kier molecular flexibility index (Phi) is 5.20. The number of carbonyl (C=O) groups is 1. The summed E-state index contributed by atoms with van der Waals surface area (Å²) < 4.78 is 14.2. The van der Waals surface area contributed by atoms with Crippen LogP contribution in [0.2, 0.25) is 0 Å². The predicted octanol–water partition coefficient (Wildman–Crippen LogP) is 4.21. The van der Waals surface area contributed by atoms with Gasteiger partial charge in [0.25, 0.3) is 0 Å². The second kappa shape index (κ2) is 7.82. The van der Waals surface area contributed by atoms with Gasteiger partial charge in [0.2, 0.25) is 0 Å². The van der Waals surface area contributed by atoms with Crippen molar-refractivity contribution >= 4 is 28.9 Å². The number of halogens is 1. The fourth-order valence-corrected chi connectivity index (χ4v) is 4.16. The second-order valence-corrected chi connectivity index (χ2v) is 8.45. The first kappa shape index (κ1) is 20.0. The number of aliphatic hydroxyl groups is 1. The fraction of sp³-hybridized carbons (Fsp3) is 0.174. The molecule has 7 heteroatoms. The van der Waals surface area contributed by atoms with Gasteiger partial charge in [-0.3, -0.25) is 4.79 Å². The molecule has 1 fully saturated rings. The largest absolute Gasteiger partial charge is 0.388 e. The lowest BCUT2D eigenvalue weighted by atomic mass is 9.95. The first-order valence-corrected chi connectivity index (χ1v) is 10.2. The Bertz CT molecular complexity index is 1180. The van der Waals surface area contributed by atoms with Crippen molar-refractivity contribution in [3.63, 3.8) is 0 Å². The number of nitrogens with one attached hydrogen (secondary N) is 2. The topological polar surface area (TPSA) is 97.0 Å². The molecule has 150 valence electrons. The minimum absolute atomic E-state index is 0.0371. The number of rotatable bonds is 6. The highest BCUT2D eigenvalue weighted by Gasteiger charge is 2.39. The molecule has 0 aliphatic heterocycles. The van der Waals surface area contributed by atoms with Crippen molar-refractivity contribution < 1.29 is 14.3 Å². The van der Waals surface area contributed by atoms with Gasteiger partial charge >= 0.3 is 0 Å². The van der Waals surface area contributed by atoms with E-state index in [1.807, 2.05) is 6.08 Å². The van der Waals surface area contributed by atoms with Gasteiger partial charge in [0.15, 0.2) is 6.29 Å². The van der Waals surface area contributed by atoms with E-state index in [1.165, 1.54) is 23.5 Å². The standard InChI is InChI=1S/C23H18FN3O2S/c24-20-8-14(1-2-16(20)10-25)19-9-18(12-28)30-22(19)15-3-4-21(26)17(7-15)11-27-13-23(29)5-6-23/h1-4,7-9,11-12,26-27,29H,5-6,13H2/b17-11-,26-21?. The number of benzene rings is 1. The number of hydrogen-bond acceptors (Lipinski definition) is 6. The normalized spacial score (nSPS) is 18.1. The van der Waals surface area contributed by atoms with Crippen molar-refractivity contribution in [3.05, 3.63) is 75.4 Å². The zero-order valence-electron chi connectivity index (χ0n) is 15.9. The molecule has 0 atom stereocenters. The molecule has 30 heavy (non-hydrogen) atoms. The summed E-state index contributed by atoms with van der Waals surface area (Å²) in [6.07, 6.45) is 9.29. The molecule has 0 bridgehead atoms. The van der Waals surface area contributed by atoms with Crippen LogP contribution < -0.4 is 5.32 Å². The molecule has 1 saturated carbocycles. The average molecular weight is 419 g/mol. The molecular weight excluding hydrogens is 401 g/mol. The molecule has 2 aliphatic carbocycles. The van der Waals surface area contributed by atoms with E-state index < -0.39 is 11.4 Å². The summed E-state index contributed by atoms with van der Waals surface area (Å²) in [6.45, 7) is 0.431. The summed E-state index contributed by atoms with van der Waals surface area (Å²) in [5.41, 5.74) is 2.35. The zero-order valence-corrected chi connectivity index (χ0v) is 16.7.